The molecule has 3 aromatic rings. The summed E-state index contributed by atoms with van der Waals surface area (Å²) in [6, 6.07) is 9.32. The molecule has 0 saturated heterocycles. The summed E-state index contributed by atoms with van der Waals surface area (Å²) in [6.45, 7) is 1.96. The maximum absolute atomic E-state index is 6.16. The summed E-state index contributed by atoms with van der Waals surface area (Å²) < 4.78 is 0. The van der Waals surface area contributed by atoms with E-state index in [9.17, 15) is 0 Å². The molecule has 2 heterocycles. The Kier molecular flexibility index (Phi) is 2.73. The molecular formula is C13H9Cl2N3. The van der Waals surface area contributed by atoms with Crippen LogP contribution >= 0.6 is 23.2 Å². The van der Waals surface area contributed by atoms with E-state index in [1.54, 1.807) is 0 Å². The number of hydrogen-bond donors (Lipinski definition) is 1. The van der Waals surface area contributed by atoms with Crippen LogP contribution in [0.25, 0.3) is 22.4 Å². The summed E-state index contributed by atoms with van der Waals surface area (Å²) in [4.78, 5) is 11.9. The zero-order valence-electron chi connectivity index (χ0n) is 9.54. The van der Waals surface area contributed by atoms with Crippen LogP contribution in [0.15, 0.2) is 30.3 Å². The van der Waals surface area contributed by atoms with Gasteiger partial charge in [-0.15, -0.1) is 0 Å². The van der Waals surface area contributed by atoms with E-state index < -0.39 is 0 Å². The molecule has 0 spiro atoms. The molecule has 1 N–H and O–H groups in total. The van der Waals surface area contributed by atoms with Crippen LogP contribution in [0.2, 0.25) is 10.2 Å². The summed E-state index contributed by atoms with van der Waals surface area (Å²) in [5, 5.41) is 1.93. The van der Waals surface area contributed by atoms with E-state index in [4.69, 9.17) is 23.2 Å². The Morgan fingerprint density at radius 3 is 2.72 bits per heavy atom. The minimum Gasteiger partial charge on any atom is -0.343 e. The third-order valence-electron chi connectivity index (χ3n) is 2.66. The van der Waals surface area contributed by atoms with E-state index in [1.807, 2.05) is 37.3 Å². The first kappa shape index (κ1) is 11.5. The Morgan fingerprint density at radius 2 is 1.94 bits per heavy atom. The van der Waals surface area contributed by atoms with Gasteiger partial charge in [0.1, 0.15) is 10.8 Å². The molecule has 0 unspecified atom stereocenters. The van der Waals surface area contributed by atoms with E-state index in [0.717, 1.165) is 22.3 Å². The van der Waals surface area contributed by atoms with Gasteiger partial charge in [-0.05, 0) is 25.1 Å². The largest absolute Gasteiger partial charge is 0.343 e. The van der Waals surface area contributed by atoms with Crippen LogP contribution in [0.3, 0.4) is 0 Å². The van der Waals surface area contributed by atoms with Crippen molar-refractivity contribution in [3.63, 3.8) is 0 Å². The minimum atomic E-state index is 0.444. The Bertz CT molecular complexity index is 734. The fraction of sp³-hybridized carbons (Fsp3) is 0.0769. The van der Waals surface area contributed by atoms with Crippen molar-refractivity contribution in [2.75, 3.05) is 0 Å². The first-order valence-electron chi connectivity index (χ1n) is 5.42. The maximum Gasteiger partial charge on any atom is 0.163 e. The van der Waals surface area contributed by atoms with Crippen molar-refractivity contribution in [3.05, 3.63) is 46.2 Å². The van der Waals surface area contributed by atoms with Crippen molar-refractivity contribution in [1.82, 2.24) is 15.0 Å². The number of nitrogens with one attached hydrogen (secondary N) is 1. The Balaban J connectivity index is 2.24. The maximum atomic E-state index is 6.16. The van der Waals surface area contributed by atoms with Gasteiger partial charge in [-0.1, -0.05) is 35.3 Å². The number of fused-ring (bicyclic) bond motifs is 1. The molecule has 0 atom stereocenters. The van der Waals surface area contributed by atoms with E-state index in [2.05, 4.69) is 15.0 Å². The highest BCUT2D eigenvalue weighted by Crippen LogP contribution is 2.26. The average Bonchev–Trinajstić information content (AvgIpc) is 2.70. The van der Waals surface area contributed by atoms with Crippen LogP contribution in [0.4, 0.5) is 0 Å². The van der Waals surface area contributed by atoms with Gasteiger partial charge < -0.3 is 4.98 Å². The molecule has 0 fully saturated rings. The van der Waals surface area contributed by atoms with Gasteiger partial charge in [0.05, 0.1) is 5.39 Å². The van der Waals surface area contributed by atoms with E-state index in [0.29, 0.717) is 16.0 Å². The molecular weight excluding hydrogens is 269 g/mol. The van der Waals surface area contributed by atoms with Gasteiger partial charge in [-0.3, -0.25) is 0 Å². The molecule has 3 rings (SSSR count). The Labute approximate surface area is 114 Å². The van der Waals surface area contributed by atoms with E-state index in [1.165, 1.54) is 0 Å². The molecule has 0 radical (unpaired) electrons. The number of aromatic amines is 1. The minimum absolute atomic E-state index is 0.444. The lowest BCUT2D eigenvalue weighted by atomic mass is 10.2. The van der Waals surface area contributed by atoms with Crippen LogP contribution in [0.1, 0.15) is 5.69 Å². The molecule has 18 heavy (non-hydrogen) atoms. The highest BCUT2D eigenvalue weighted by Gasteiger charge is 2.10. The van der Waals surface area contributed by atoms with Gasteiger partial charge >= 0.3 is 0 Å². The van der Waals surface area contributed by atoms with Crippen LogP contribution in [0, 0.1) is 6.92 Å². The molecule has 0 bridgehead atoms. The van der Waals surface area contributed by atoms with Gasteiger partial charge in [-0.2, -0.15) is 0 Å². The fourth-order valence-electron chi connectivity index (χ4n) is 1.86. The number of hydrogen-bond acceptors (Lipinski definition) is 2. The summed E-state index contributed by atoms with van der Waals surface area (Å²) in [5.41, 5.74) is 2.59. The highest BCUT2D eigenvalue weighted by molar-refractivity contribution is 6.34. The first-order valence-corrected chi connectivity index (χ1v) is 6.18. The topological polar surface area (TPSA) is 41.6 Å². The molecule has 3 nitrogen and oxygen atoms in total. The van der Waals surface area contributed by atoms with Crippen LogP contribution < -0.4 is 0 Å². The van der Waals surface area contributed by atoms with Crippen LogP contribution in [0.5, 0.6) is 0 Å². The lowest BCUT2D eigenvalue weighted by Crippen LogP contribution is -1.90. The number of H-pyrrole nitrogens is 1. The summed E-state index contributed by atoms with van der Waals surface area (Å²) in [7, 11) is 0. The zero-order chi connectivity index (χ0) is 12.7. The molecule has 0 aliphatic rings. The standard InChI is InChI=1S/C13H9Cl2N3/c1-7-5-10-11(15)17-12(18-13(10)16-7)8-3-2-4-9(14)6-8/h2-6H,1H3,(H,16,17,18). The zero-order valence-corrected chi connectivity index (χ0v) is 11.0. The monoisotopic (exact) mass is 277 g/mol. The van der Waals surface area contributed by atoms with Crippen molar-refractivity contribution >= 4 is 34.2 Å². The molecule has 1 aromatic carbocycles. The van der Waals surface area contributed by atoms with Crippen LogP contribution in [-0.2, 0) is 0 Å². The molecule has 0 aliphatic carbocycles. The predicted molar refractivity (Wildman–Crippen MR) is 74.1 cm³/mol. The molecule has 2 aromatic heterocycles. The van der Waals surface area contributed by atoms with E-state index >= 15 is 0 Å². The number of halogens is 2. The second-order valence-electron chi connectivity index (χ2n) is 4.06. The second-order valence-corrected chi connectivity index (χ2v) is 4.86. The van der Waals surface area contributed by atoms with Gasteiger partial charge in [0.25, 0.3) is 0 Å². The van der Waals surface area contributed by atoms with Gasteiger partial charge in [-0.25, -0.2) is 9.97 Å². The van der Waals surface area contributed by atoms with Gasteiger partial charge in [0.2, 0.25) is 0 Å². The Hall–Kier alpha value is -1.58. The van der Waals surface area contributed by atoms with Gasteiger partial charge in [0.15, 0.2) is 5.82 Å². The van der Waals surface area contributed by atoms with Gasteiger partial charge in [0, 0.05) is 16.3 Å². The number of nitrogens with zero attached hydrogens (tertiary/aromatic N) is 2. The number of aryl methyl sites for hydroxylation is 1. The van der Waals surface area contributed by atoms with Crippen LogP contribution in [-0.4, -0.2) is 15.0 Å². The summed E-state index contributed by atoms with van der Waals surface area (Å²) in [5.74, 6) is 0.567. The van der Waals surface area contributed by atoms with Crippen molar-refractivity contribution in [2.45, 2.75) is 6.92 Å². The summed E-state index contributed by atoms with van der Waals surface area (Å²) >= 11 is 12.1. The molecule has 5 heteroatoms. The van der Waals surface area contributed by atoms with Crippen molar-refractivity contribution < 1.29 is 0 Å². The third-order valence-corrected chi connectivity index (χ3v) is 3.18. The Morgan fingerprint density at radius 1 is 1.11 bits per heavy atom. The molecule has 0 aliphatic heterocycles. The normalized spacial score (nSPS) is 11.1. The SMILES string of the molecule is Cc1cc2c(Cl)nc(-c3cccc(Cl)c3)nc2[nH]1. The highest BCUT2D eigenvalue weighted by atomic mass is 35.5. The fourth-order valence-corrected chi connectivity index (χ4v) is 2.28. The smallest absolute Gasteiger partial charge is 0.163 e. The number of aromatic nitrogens is 3. The predicted octanol–water partition coefficient (Wildman–Crippen LogP) is 4.24. The second kappa shape index (κ2) is 4.26. The first-order chi connectivity index (χ1) is 8.63. The molecule has 0 saturated carbocycles. The molecule has 90 valence electrons. The quantitative estimate of drug-likeness (QED) is 0.676. The average molecular weight is 278 g/mol. The van der Waals surface area contributed by atoms with E-state index in [-0.39, 0.29) is 0 Å². The van der Waals surface area contributed by atoms with Crippen molar-refractivity contribution in [3.8, 4) is 11.4 Å². The van der Waals surface area contributed by atoms with Crippen molar-refractivity contribution in [1.29, 1.82) is 0 Å². The third kappa shape index (κ3) is 1.96. The van der Waals surface area contributed by atoms with Crippen molar-refractivity contribution in [2.24, 2.45) is 0 Å². The molecule has 0 amide bonds. The lowest BCUT2D eigenvalue weighted by molar-refractivity contribution is 1.19. The summed E-state index contributed by atoms with van der Waals surface area (Å²) in [6.07, 6.45) is 0. The number of benzene rings is 1. The lowest BCUT2D eigenvalue weighted by Gasteiger charge is -2.02. The number of rotatable bonds is 1.